The molecule has 1 N–H and O–H groups in total. The van der Waals surface area contributed by atoms with Crippen molar-refractivity contribution in [3.05, 3.63) is 109 Å². The number of methoxy groups -OCH3 is 2. The average molecular weight is 669 g/mol. The fourth-order valence-electron chi connectivity index (χ4n) is 5.76. The Morgan fingerprint density at radius 1 is 0.694 bits per heavy atom. The molecule has 0 aliphatic heterocycles. The van der Waals surface area contributed by atoms with E-state index in [0.717, 1.165) is 48.8 Å². The summed E-state index contributed by atoms with van der Waals surface area (Å²) in [6.07, 6.45) is 5.03. The van der Waals surface area contributed by atoms with Gasteiger partial charge in [0.25, 0.3) is 0 Å². The molecule has 9 nitrogen and oxygen atoms in total. The van der Waals surface area contributed by atoms with Crippen LogP contribution in [0.4, 0.5) is 0 Å². The smallest absolute Gasteiger partial charge is 0.341 e. The normalized spacial score (nSPS) is 15.6. The molecule has 0 saturated heterocycles. The number of carbonyl (C=O) groups excluding carboxylic acids is 3. The van der Waals surface area contributed by atoms with Crippen LogP contribution in [0.5, 0.6) is 11.5 Å². The molecule has 0 amide bonds. The molecule has 0 unspecified atom stereocenters. The first-order valence-electron chi connectivity index (χ1n) is 16.2. The van der Waals surface area contributed by atoms with Gasteiger partial charge >= 0.3 is 17.9 Å². The molecule has 0 spiro atoms. The first-order valence-corrected chi connectivity index (χ1v) is 16.2. The van der Waals surface area contributed by atoms with Crippen molar-refractivity contribution in [2.75, 3.05) is 40.6 Å². The van der Waals surface area contributed by atoms with Crippen molar-refractivity contribution in [2.24, 2.45) is 5.92 Å². The molecule has 258 valence electrons. The second kappa shape index (κ2) is 18.1. The topological polar surface area (TPSA) is 118 Å². The third kappa shape index (κ3) is 10.3. The number of aliphatic hydroxyl groups is 1. The Balaban J connectivity index is 1.46. The minimum Gasteiger partial charge on any atom is -0.462 e. The van der Waals surface area contributed by atoms with Crippen LogP contribution in [-0.2, 0) is 28.6 Å². The summed E-state index contributed by atoms with van der Waals surface area (Å²) < 4.78 is 26.3. The monoisotopic (exact) mass is 668 g/mol. The summed E-state index contributed by atoms with van der Waals surface area (Å²) in [6, 6.07) is 20.8. The highest BCUT2D eigenvalue weighted by atomic mass is 16.5. The molecule has 4 rings (SSSR count). The second-order valence-corrected chi connectivity index (χ2v) is 12.1. The zero-order chi connectivity index (χ0) is 35.3. The van der Waals surface area contributed by atoms with Gasteiger partial charge in [-0.3, -0.25) is 0 Å². The first kappa shape index (κ1) is 37.0. The predicted octanol–water partition coefficient (Wildman–Crippen LogP) is 6.99. The molecule has 0 bridgehead atoms. The Bertz CT molecular complexity index is 1650. The summed E-state index contributed by atoms with van der Waals surface area (Å²) in [5, 5.41) is 9.40. The van der Waals surface area contributed by atoms with E-state index in [9.17, 15) is 19.5 Å². The van der Waals surface area contributed by atoms with Gasteiger partial charge in [0.15, 0.2) is 0 Å². The van der Waals surface area contributed by atoms with Gasteiger partial charge in [0, 0.05) is 19.8 Å². The van der Waals surface area contributed by atoms with Crippen LogP contribution >= 0.6 is 0 Å². The first-order chi connectivity index (χ1) is 23.6. The maximum atomic E-state index is 12.6. The molecular formula is C40H44O9. The number of ether oxygens (including phenoxy) is 5. The minimum atomic E-state index is -0.708. The SMILES string of the molecule is C=C(COC)C(=O)OCCC1CCC(c2ccc(-c3cc(-c4ccc(OC(=O)C(=C)COC)cc4)ccc3OC(=O)C(=C)CO)cc2)CC1. The molecule has 1 fully saturated rings. The Hall–Kier alpha value is -4.83. The molecule has 0 aromatic heterocycles. The molecule has 0 heterocycles. The Kier molecular flexibility index (Phi) is 13.6. The molecule has 9 heteroatoms. The third-order valence-electron chi connectivity index (χ3n) is 8.57. The number of esters is 3. The van der Waals surface area contributed by atoms with Gasteiger partial charge in [-0.05, 0) is 90.5 Å². The van der Waals surface area contributed by atoms with E-state index >= 15 is 0 Å². The van der Waals surface area contributed by atoms with E-state index in [1.54, 1.807) is 18.2 Å². The predicted molar refractivity (Wildman–Crippen MR) is 187 cm³/mol. The molecule has 0 radical (unpaired) electrons. The van der Waals surface area contributed by atoms with Gasteiger partial charge in [-0.15, -0.1) is 0 Å². The van der Waals surface area contributed by atoms with Gasteiger partial charge in [0.2, 0.25) is 0 Å². The largest absolute Gasteiger partial charge is 0.462 e. The summed E-state index contributed by atoms with van der Waals surface area (Å²) in [6.45, 7) is 11.1. The maximum absolute atomic E-state index is 12.6. The number of hydrogen-bond acceptors (Lipinski definition) is 9. The van der Waals surface area contributed by atoms with Crippen LogP contribution in [0.1, 0.15) is 43.6 Å². The highest BCUT2D eigenvalue weighted by molar-refractivity contribution is 5.92. The molecular weight excluding hydrogens is 624 g/mol. The number of aliphatic hydroxyl groups excluding tert-OH is 1. The van der Waals surface area contributed by atoms with Crippen LogP contribution in [0.25, 0.3) is 22.3 Å². The van der Waals surface area contributed by atoms with E-state index in [1.165, 1.54) is 19.8 Å². The average Bonchev–Trinajstić information content (AvgIpc) is 3.12. The van der Waals surface area contributed by atoms with Gasteiger partial charge in [-0.1, -0.05) is 62.2 Å². The molecule has 1 aliphatic carbocycles. The van der Waals surface area contributed by atoms with Crippen molar-refractivity contribution >= 4 is 17.9 Å². The van der Waals surface area contributed by atoms with E-state index in [2.05, 4.69) is 31.9 Å². The van der Waals surface area contributed by atoms with E-state index in [-0.39, 0.29) is 24.4 Å². The van der Waals surface area contributed by atoms with Gasteiger partial charge < -0.3 is 28.8 Å². The Labute approximate surface area is 287 Å². The van der Waals surface area contributed by atoms with Crippen LogP contribution in [0.2, 0.25) is 0 Å². The lowest BCUT2D eigenvalue weighted by molar-refractivity contribution is -0.140. The Morgan fingerprint density at radius 2 is 1.27 bits per heavy atom. The number of hydrogen-bond donors (Lipinski definition) is 1. The van der Waals surface area contributed by atoms with Gasteiger partial charge in [0.1, 0.15) is 11.5 Å². The Morgan fingerprint density at radius 3 is 1.88 bits per heavy atom. The van der Waals surface area contributed by atoms with Crippen LogP contribution < -0.4 is 9.47 Å². The van der Waals surface area contributed by atoms with Crippen molar-refractivity contribution in [2.45, 2.75) is 38.0 Å². The molecule has 3 aromatic rings. The van der Waals surface area contributed by atoms with Crippen LogP contribution in [0, 0.1) is 5.92 Å². The lowest BCUT2D eigenvalue weighted by Crippen LogP contribution is -2.17. The van der Waals surface area contributed by atoms with Crippen LogP contribution in [0.15, 0.2) is 103 Å². The molecule has 1 saturated carbocycles. The lowest BCUT2D eigenvalue weighted by Gasteiger charge is -2.29. The minimum absolute atomic E-state index is 0.0472. The van der Waals surface area contributed by atoms with Crippen molar-refractivity contribution < 1.29 is 43.2 Å². The highest BCUT2D eigenvalue weighted by Gasteiger charge is 2.23. The fourth-order valence-corrected chi connectivity index (χ4v) is 5.76. The molecule has 1 aliphatic rings. The zero-order valence-electron chi connectivity index (χ0n) is 28.2. The molecule has 3 aromatic carbocycles. The second-order valence-electron chi connectivity index (χ2n) is 12.1. The van der Waals surface area contributed by atoms with Crippen molar-refractivity contribution in [1.82, 2.24) is 0 Å². The quantitative estimate of drug-likeness (QED) is 0.0979. The summed E-state index contributed by atoms with van der Waals surface area (Å²) in [5.74, 6) is -0.0386. The standard InChI is InChI=1S/C40H44O9/c1-26(23-41)39(43)49-37-19-16-34(32-14-17-35(18-15-32)48-40(44)28(3)25-46-5)22-36(37)33-12-10-31(11-13-33)30-8-6-29(7-9-30)20-21-47-38(42)27(2)24-45-4/h10-19,22,29-30,41H,1-3,6-9,20-21,23-25H2,4-5H3. The van der Waals surface area contributed by atoms with E-state index in [4.69, 9.17) is 23.7 Å². The van der Waals surface area contributed by atoms with Crippen molar-refractivity contribution in [1.29, 1.82) is 0 Å². The number of benzene rings is 3. The third-order valence-corrected chi connectivity index (χ3v) is 8.57. The van der Waals surface area contributed by atoms with E-state index in [1.807, 2.05) is 36.4 Å². The van der Waals surface area contributed by atoms with Gasteiger partial charge in [0.05, 0.1) is 43.1 Å². The van der Waals surface area contributed by atoms with Crippen molar-refractivity contribution in [3.8, 4) is 33.8 Å². The summed E-state index contributed by atoms with van der Waals surface area (Å²) in [4.78, 5) is 36.7. The van der Waals surface area contributed by atoms with Crippen LogP contribution in [0.3, 0.4) is 0 Å². The fraction of sp³-hybridized carbons (Fsp3) is 0.325. The summed E-state index contributed by atoms with van der Waals surface area (Å²) in [5.41, 5.74) is 5.00. The summed E-state index contributed by atoms with van der Waals surface area (Å²) in [7, 11) is 3.00. The molecule has 49 heavy (non-hydrogen) atoms. The number of carbonyl (C=O) groups is 3. The lowest BCUT2D eigenvalue weighted by atomic mass is 9.77. The maximum Gasteiger partial charge on any atom is 0.341 e. The van der Waals surface area contributed by atoms with E-state index < -0.39 is 24.5 Å². The number of rotatable bonds is 16. The van der Waals surface area contributed by atoms with Crippen molar-refractivity contribution in [3.63, 3.8) is 0 Å². The van der Waals surface area contributed by atoms with Crippen LogP contribution in [-0.4, -0.2) is 63.7 Å². The van der Waals surface area contributed by atoms with Gasteiger partial charge in [-0.2, -0.15) is 0 Å². The van der Waals surface area contributed by atoms with E-state index in [0.29, 0.717) is 41.1 Å². The highest BCUT2D eigenvalue weighted by Crippen LogP contribution is 2.39. The summed E-state index contributed by atoms with van der Waals surface area (Å²) >= 11 is 0. The zero-order valence-corrected chi connectivity index (χ0v) is 28.2. The van der Waals surface area contributed by atoms with Gasteiger partial charge in [-0.25, -0.2) is 14.4 Å². The molecule has 0 atom stereocenters.